The summed E-state index contributed by atoms with van der Waals surface area (Å²) in [5.41, 5.74) is 8.19. The number of nitrogens with two attached hydrogens (primary N) is 1. The van der Waals surface area contributed by atoms with Crippen LogP contribution in [0.3, 0.4) is 0 Å². The van der Waals surface area contributed by atoms with Crippen LogP contribution >= 0.6 is 0 Å². The van der Waals surface area contributed by atoms with Crippen LogP contribution in [0.5, 0.6) is 0 Å². The highest BCUT2D eigenvalue weighted by atomic mass is 19.1. The number of anilines is 1. The molecule has 1 heterocycles. The summed E-state index contributed by atoms with van der Waals surface area (Å²) in [7, 11) is 0. The third-order valence-electron chi connectivity index (χ3n) is 4.54. The molecule has 0 saturated heterocycles. The van der Waals surface area contributed by atoms with E-state index in [9.17, 15) is 4.39 Å². The van der Waals surface area contributed by atoms with Gasteiger partial charge >= 0.3 is 0 Å². The third kappa shape index (κ3) is 3.09. The molecular weight excluding hydrogens is 265 g/mol. The second-order valence-corrected chi connectivity index (χ2v) is 5.98. The summed E-state index contributed by atoms with van der Waals surface area (Å²) in [6.07, 6.45) is 8.71. The maximum absolute atomic E-state index is 14.0. The van der Waals surface area contributed by atoms with Crippen molar-refractivity contribution in [3.8, 4) is 11.1 Å². The first kappa shape index (κ1) is 14.1. The van der Waals surface area contributed by atoms with Crippen LogP contribution in [-0.2, 0) is 6.42 Å². The van der Waals surface area contributed by atoms with Gasteiger partial charge in [-0.1, -0.05) is 50.3 Å². The van der Waals surface area contributed by atoms with Gasteiger partial charge in [-0.05, 0) is 24.8 Å². The molecule has 0 unspecified atom stereocenters. The minimum Gasteiger partial charge on any atom is -0.382 e. The first-order chi connectivity index (χ1) is 10.3. The normalized spacial score (nSPS) is 16.2. The maximum atomic E-state index is 14.0. The Morgan fingerprint density at radius 2 is 1.95 bits per heavy atom. The summed E-state index contributed by atoms with van der Waals surface area (Å²) >= 11 is 0. The van der Waals surface area contributed by atoms with Gasteiger partial charge in [0, 0.05) is 16.8 Å². The molecular formula is C17H22FN3. The fraction of sp³-hybridized carbons (Fsp3) is 0.471. The lowest BCUT2D eigenvalue weighted by molar-refractivity contribution is 0.338. The number of aryl methyl sites for hydroxylation is 1. The summed E-state index contributed by atoms with van der Waals surface area (Å²) in [4.78, 5) is 0. The van der Waals surface area contributed by atoms with Crippen molar-refractivity contribution in [2.24, 2.45) is 5.92 Å². The lowest BCUT2D eigenvalue weighted by Crippen LogP contribution is -2.07. The van der Waals surface area contributed by atoms with Crippen LogP contribution < -0.4 is 5.73 Å². The number of nitrogens with one attached hydrogen (secondary N) is 1. The van der Waals surface area contributed by atoms with E-state index in [4.69, 9.17) is 5.73 Å². The van der Waals surface area contributed by atoms with Crippen molar-refractivity contribution in [3.05, 3.63) is 35.8 Å². The fourth-order valence-corrected chi connectivity index (χ4v) is 3.36. The molecule has 1 fully saturated rings. The SMILES string of the molecule is Nc1n[nH]c(CCC2CCCCC2)c1-c1ccccc1F. The molecule has 3 rings (SSSR count). The molecule has 0 spiro atoms. The summed E-state index contributed by atoms with van der Waals surface area (Å²) in [5.74, 6) is 0.931. The largest absolute Gasteiger partial charge is 0.382 e. The van der Waals surface area contributed by atoms with Crippen LogP contribution in [0, 0.1) is 11.7 Å². The van der Waals surface area contributed by atoms with Crippen molar-refractivity contribution in [2.45, 2.75) is 44.9 Å². The minimum atomic E-state index is -0.246. The Labute approximate surface area is 124 Å². The van der Waals surface area contributed by atoms with Gasteiger partial charge in [0.1, 0.15) is 5.82 Å². The van der Waals surface area contributed by atoms with Crippen LogP contribution in [0.2, 0.25) is 0 Å². The Bertz CT molecular complexity index is 600. The number of benzene rings is 1. The summed E-state index contributed by atoms with van der Waals surface area (Å²) in [6.45, 7) is 0. The van der Waals surface area contributed by atoms with Gasteiger partial charge in [0.15, 0.2) is 5.82 Å². The third-order valence-corrected chi connectivity index (χ3v) is 4.54. The summed E-state index contributed by atoms with van der Waals surface area (Å²) in [6, 6.07) is 6.75. The Kier molecular flexibility index (Phi) is 4.23. The van der Waals surface area contributed by atoms with E-state index in [1.807, 2.05) is 6.07 Å². The maximum Gasteiger partial charge on any atom is 0.153 e. The average molecular weight is 287 g/mol. The molecule has 2 aromatic rings. The predicted molar refractivity (Wildman–Crippen MR) is 83.3 cm³/mol. The van der Waals surface area contributed by atoms with Crippen LogP contribution in [0.4, 0.5) is 10.2 Å². The zero-order valence-corrected chi connectivity index (χ0v) is 12.2. The molecule has 3 N–H and O–H groups in total. The zero-order valence-electron chi connectivity index (χ0n) is 12.2. The number of aromatic amines is 1. The van der Waals surface area contributed by atoms with Crippen molar-refractivity contribution < 1.29 is 4.39 Å². The lowest BCUT2D eigenvalue weighted by atomic mass is 9.85. The molecule has 0 atom stereocenters. The summed E-state index contributed by atoms with van der Waals surface area (Å²) in [5, 5.41) is 7.08. The number of hydrogen-bond acceptors (Lipinski definition) is 2. The first-order valence-electron chi connectivity index (χ1n) is 7.83. The van der Waals surface area contributed by atoms with E-state index in [1.54, 1.807) is 12.1 Å². The van der Waals surface area contributed by atoms with E-state index >= 15 is 0 Å². The molecule has 0 radical (unpaired) electrons. The second kappa shape index (κ2) is 6.29. The van der Waals surface area contributed by atoms with Gasteiger partial charge in [-0.3, -0.25) is 5.10 Å². The Morgan fingerprint density at radius 3 is 2.71 bits per heavy atom. The second-order valence-electron chi connectivity index (χ2n) is 5.98. The zero-order chi connectivity index (χ0) is 14.7. The van der Waals surface area contributed by atoms with E-state index in [1.165, 1.54) is 38.2 Å². The van der Waals surface area contributed by atoms with Gasteiger partial charge < -0.3 is 5.73 Å². The average Bonchev–Trinajstić information content (AvgIpc) is 2.88. The highest BCUT2D eigenvalue weighted by molar-refractivity contribution is 5.76. The van der Waals surface area contributed by atoms with Crippen molar-refractivity contribution in [2.75, 3.05) is 5.73 Å². The highest BCUT2D eigenvalue weighted by Crippen LogP contribution is 2.33. The van der Waals surface area contributed by atoms with Crippen molar-refractivity contribution >= 4 is 5.82 Å². The van der Waals surface area contributed by atoms with Crippen molar-refractivity contribution in [1.29, 1.82) is 0 Å². The predicted octanol–water partition coefficient (Wildman–Crippen LogP) is 4.31. The van der Waals surface area contributed by atoms with E-state index in [2.05, 4.69) is 10.2 Å². The van der Waals surface area contributed by atoms with Crippen molar-refractivity contribution in [1.82, 2.24) is 10.2 Å². The van der Waals surface area contributed by atoms with E-state index in [0.29, 0.717) is 11.4 Å². The number of nitrogen functional groups attached to an aromatic ring is 1. The number of aromatic nitrogens is 2. The molecule has 1 aliphatic rings. The van der Waals surface area contributed by atoms with Crippen LogP contribution in [0.1, 0.15) is 44.2 Å². The molecule has 0 aliphatic heterocycles. The van der Waals surface area contributed by atoms with Crippen LogP contribution in [-0.4, -0.2) is 10.2 Å². The topological polar surface area (TPSA) is 54.7 Å². The van der Waals surface area contributed by atoms with Gasteiger partial charge in [0.2, 0.25) is 0 Å². The fourth-order valence-electron chi connectivity index (χ4n) is 3.36. The number of nitrogens with zero attached hydrogens (tertiary/aromatic N) is 1. The van der Waals surface area contributed by atoms with Gasteiger partial charge in [0.25, 0.3) is 0 Å². The van der Waals surface area contributed by atoms with Crippen LogP contribution in [0.25, 0.3) is 11.1 Å². The lowest BCUT2D eigenvalue weighted by Gasteiger charge is -2.21. The van der Waals surface area contributed by atoms with E-state index in [-0.39, 0.29) is 5.82 Å². The smallest absolute Gasteiger partial charge is 0.153 e. The number of rotatable bonds is 4. The highest BCUT2D eigenvalue weighted by Gasteiger charge is 2.18. The molecule has 1 aromatic carbocycles. The first-order valence-corrected chi connectivity index (χ1v) is 7.83. The summed E-state index contributed by atoms with van der Waals surface area (Å²) < 4.78 is 14.0. The monoisotopic (exact) mass is 287 g/mol. The molecule has 1 aromatic heterocycles. The Hall–Kier alpha value is -1.84. The molecule has 1 saturated carbocycles. The Morgan fingerprint density at radius 1 is 1.19 bits per heavy atom. The van der Waals surface area contributed by atoms with Gasteiger partial charge in [0.05, 0.1) is 0 Å². The van der Waals surface area contributed by atoms with Gasteiger partial charge in [-0.2, -0.15) is 5.10 Å². The number of H-pyrrole nitrogens is 1. The van der Waals surface area contributed by atoms with E-state index < -0.39 is 0 Å². The molecule has 4 heteroatoms. The molecule has 3 nitrogen and oxygen atoms in total. The van der Waals surface area contributed by atoms with Crippen molar-refractivity contribution in [3.63, 3.8) is 0 Å². The Balaban J connectivity index is 1.79. The molecule has 0 bridgehead atoms. The number of hydrogen-bond donors (Lipinski definition) is 2. The molecule has 1 aliphatic carbocycles. The van der Waals surface area contributed by atoms with Gasteiger partial charge in [-0.25, -0.2) is 4.39 Å². The molecule has 0 amide bonds. The van der Waals surface area contributed by atoms with E-state index in [0.717, 1.165) is 30.0 Å². The standard InChI is InChI=1S/C17H22FN3/c18-14-9-5-4-8-13(14)16-15(20-21-17(16)19)11-10-12-6-2-1-3-7-12/h4-5,8-9,12H,1-3,6-7,10-11H2,(H3,19,20,21). The molecule has 112 valence electrons. The quantitative estimate of drug-likeness (QED) is 0.880. The molecule has 21 heavy (non-hydrogen) atoms. The van der Waals surface area contributed by atoms with Crippen LogP contribution in [0.15, 0.2) is 24.3 Å². The number of halogens is 1. The minimum absolute atomic E-state index is 0.246. The van der Waals surface area contributed by atoms with Gasteiger partial charge in [-0.15, -0.1) is 0 Å².